The smallest absolute Gasteiger partial charge is 0.183 e. The van der Waals surface area contributed by atoms with E-state index in [1.54, 1.807) is 0 Å². The summed E-state index contributed by atoms with van der Waals surface area (Å²) in [5.41, 5.74) is 1.88. The lowest BCUT2D eigenvalue weighted by molar-refractivity contribution is -0.0510. The van der Waals surface area contributed by atoms with Crippen LogP contribution in [0, 0.1) is 12.3 Å². The standard InChI is InChI=1S/C15H20N4O/c1-9-16-14(19-18-9)10-6-4-5-7-11(10)17-12-8-13(20)15(12,2)3/h4-7,12-13,17,20H,8H2,1-3H3,(H,16,18,19). The maximum absolute atomic E-state index is 9.84. The summed E-state index contributed by atoms with van der Waals surface area (Å²) < 4.78 is 0. The molecule has 0 spiro atoms. The number of nitrogens with one attached hydrogen (secondary N) is 2. The third-order valence-corrected chi connectivity index (χ3v) is 4.31. The van der Waals surface area contributed by atoms with Crippen LogP contribution in [0.25, 0.3) is 11.4 Å². The summed E-state index contributed by atoms with van der Waals surface area (Å²) >= 11 is 0. The lowest BCUT2D eigenvalue weighted by atomic mass is 9.64. The van der Waals surface area contributed by atoms with E-state index in [-0.39, 0.29) is 17.6 Å². The van der Waals surface area contributed by atoms with Crippen molar-refractivity contribution in [3.63, 3.8) is 0 Å². The van der Waals surface area contributed by atoms with Crippen molar-refractivity contribution in [2.75, 3.05) is 5.32 Å². The zero-order chi connectivity index (χ0) is 14.3. The van der Waals surface area contributed by atoms with E-state index in [4.69, 9.17) is 0 Å². The molecule has 2 aromatic rings. The Bertz CT molecular complexity index is 620. The highest BCUT2D eigenvalue weighted by molar-refractivity contribution is 5.73. The average Bonchev–Trinajstić information content (AvgIpc) is 2.85. The van der Waals surface area contributed by atoms with E-state index in [0.717, 1.165) is 23.5 Å². The summed E-state index contributed by atoms with van der Waals surface area (Å²) in [6, 6.07) is 8.27. The van der Waals surface area contributed by atoms with Crippen molar-refractivity contribution in [3.05, 3.63) is 30.1 Å². The molecule has 1 aliphatic carbocycles. The van der Waals surface area contributed by atoms with Gasteiger partial charge in [-0.15, -0.1) is 0 Å². The Hall–Kier alpha value is -1.88. The van der Waals surface area contributed by atoms with Crippen LogP contribution >= 0.6 is 0 Å². The normalized spacial score (nSPS) is 24.2. The zero-order valence-electron chi connectivity index (χ0n) is 12.0. The number of anilines is 1. The molecule has 0 amide bonds. The molecule has 2 unspecified atom stereocenters. The number of aliphatic hydroxyl groups is 1. The van der Waals surface area contributed by atoms with Crippen molar-refractivity contribution in [3.8, 4) is 11.4 Å². The molecule has 0 bridgehead atoms. The van der Waals surface area contributed by atoms with Gasteiger partial charge in [-0.3, -0.25) is 5.10 Å². The zero-order valence-corrected chi connectivity index (χ0v) is 12.0. The fourth-order valence-corrected chi connectivity index (χ4v) is 2.60. The number of hydrogen-bond donors (Lipinski definition) is 3. The third kappa shape index (κ3) is 2.08. The number of aliphatic hydroxyl groups excluding tert-OH is 1. The van der Waals surface area contributed by atoms with E-state index in [0.29, 0.717) is 5.82 Å². The first-order valence-electron chi connectivity index (χ1n) is 6.91. The predicted octanol–water partition coefficient (Wildman–Crippen LogP) is 2.35. The minimum Gasteiger partial charge on any atom is -0.392 e. The van der Waals surface area contributed by atoms with Crippen molar-refractivity contribution in [2.24, 2.45) is 5.41 Å². The maximum atomic E-state index is 9.84. The first-order chi connectivity index (χ1) is 9.48. The highest BCUT2D eigenvalue weighted by Gasteiger charge is 2.47. The van der Waals surface area contributed by atoms with E-state index >= 15 is 0 Å². The van der Waals surface area contributed by atoms with Gasteiger partial charge < -0.3 is 10.4 Å². The molecule has 1 fully saturated rings. The molecule has 0 saturated heterocycles. The number of aryl methyl sites for hydroxylation is 1. The monoisotopic (exact) mass is 272 g/mol. The largest absolute Gasteiger partial charge is 0.392 e. The Balaban J connectivity index is 1.88. The Morgan fingerprint density at radius 1 is 1.35 bits per heavy atom. The Morgan fingerprint density at radius 3 is 2.70 bits per heavy atom. The molecule has 0 aliphatic heterocycles. The van der Waals surface area contributed by atoms with Gasteiger partial charge in [0.2, 0.25) is 0 Å². The molecule has 0 radical (unpaired) electrons. The molecule has 1 aromatic carbocycles. The molecule has 5 nitrogen and oxygen atoms in total. The molecule has 2 atom stereocenters. The van der Waals surface area contributed by atoms with E-state index in [9.17, 15) is 5.11 Å². The molecule has 5 heteroatoms. The van der Waals surface area contributed by atoms with Crippen molar-refractivity contribution >= 4 is 5.69 Å². The Morgan fingerprint density at radius 2 is 2.10 bits per heavy atom. The molecule has 3 rings (SSSR count). The first-order valence-corrected chi connectivity index (χ1v) is 6.91. The van der Waals surface area contributed by atoms with Crippen molar-refractivity contribution in [1.29, 1.82) is 0 Å². The van der Waals surface area contributed by atoms with Gasteiger partial charge in [0, 0.05) is 22.7 Å². The van der Waals surface area contributed by atoms with Crippen molar-refractivity contribution in [2.45, 2.75) is 39.3 Å². The van der Waals surface area contributed by atoms with Crippen LogP contribution in [-0.2, 0) is 0 Å². The number of para-hydroxylation sites is 1. The van der Waals surface area contributed by atoms with Gasteiger partial charge in [0.15, 0.2) is 5.82 Å². The molecule has 1 aliphatic rings. The number of H-pyrrole nitrogens is 1. The van der Waals surface area contributed by atoms with Gasteiger partial charge in [0.1, 0.15) is 5.82 Å². The van der Waals surface area contributed by atoms with Crippen LogP contribution in [-0.4, -0.2) is 32.4 Å². The Labute approximate surface area is 118 Å². The Kier molecular flexibility index (Phi) is 3.01. The van der Waals surface area contributed by atoms with E-state index in [2.05, 4.69) is 34.3 Å². The number of hydrogen-bond acceptors (Lipinski definition) is 4. The summed E-state index contributed by atoms with van der Waals surface area (Å²) in [7, 11) is 0. The van der Waals surface area contributed by atoms with Crippen LogP contribution in [0.2, 0.25) is 0 Å². The average molecular weight is 272 g/mol. The molecule has 3 N–H and O–H groups in total. The number of rotatable bonds is 3. The second-order valence-corrected chi connectivity index (χ2v) is 6.06. The molecular formula is C15H20N4O. The quantitative estimate of drug-likeness (QED) is 0.802. The van der Waals surface area contributed by atoms with Crippen molar-refractivity contribution in [1.82, 2.24) is 15.2 Å². The third-order valence-electron chi connectivity index (χ3n) is 4.31. The van der Waals surface area contributed by atoms with Gasteiger partial charge in [-0.1, -0.05) is 26.0 Å². The van der Waals surface area contributed by atoms with Crippen LogP contribution < -0.4 is 5.32 Å². The molecule has 1 aromatic heterocycles. The second kappa shape index (κ2) is 4.59. The summed E-state index contributed by atoms with van der Waals surface area (Å²) in [4.78, 5) is 4.39. The van der Waals surface area contributed by atoms with Gasteiger partial charge >= 0.3 is 0 Å². The number of aromatic amines is 1. The maximum Gasteiger partial charge on any atom is 0.183 e. The summed E-state index contributed by atoms with van der Waals surface area (Å²) in [6.45, 7) is 6.05. The van der Waals surface area contributed by atoms with E-state index in [1.165, 1.54) is 0 Å². The second-order valence-electron chi connectivity index (χ2n) is 6.06. The van der Waals surface area contributed by atoms with Crippen LogP contribution in [0.4, 0.5) is 5.69 Å². The van der Waals surface area contributed by atoms with E-state index in [1.807, 2.05) is 31.2 Å². The van der Waals surface area contributed by atoms with E-state index < -0.39 is 0 Å². The van der Waals surface area contributed by atoms with Gasteiger partial charge in [-0.25, -0.2) is 4.98 Å². The molecular weight excluding hydrogens is 252 g/mol. The number of aromatic nitrogens is 3. The molecule has 106 valence electrons. The minimum absolute atomic E-state index is 0.109. The highest BCUT2D eigenvalue weighted by Crippen LogP contribution is 2.43. The number of benzene rings is 1. The lowest BCUT2D eigenvalue weighted by Gasteiger charge is -2.50. The fourth-order valence-electron chi connectivity index (χ4n) is 2.60. The topological polar surface area (TPSA) is 73.8 Å². The minimum atomic E-state index is -0.238. The van der Waals surface area contributed by atoms with Gasteiger partial charge in [-0.05, 0) is 25.5 Å². The fraction of sp³-hybridized carbons (Fsp3) is 0.467. The summed E-state index contributed by atoms with van der Waals surface area (Å²) in [5.74, 6) is 1.50. The van der Waals surface area contributed by atoms with Crippen molar-refractivity contribution < 1.29 is 5.11 Å². The summed E-state index contributed by atoms with van der Waals surface area (Å²) in [5, 5.41) is 20.5. The SMILES string of the molecule is Cc1nc(-c2ccccc2NC2CC(O)C2(C)C)n[nH]1. The van der Waals surface area contributed by atoms with Gasteiger partial charge in [-0.2, -0.15) is 5.10 Å². The number of nitrogens with zero attached hydrogens (tertiary/aromatic N) is 2. The van der Waals surface area contributed by atoms with Gasteiger partial charge in [0.25, 0.3) is 0 Å². The predicted molar refractivity (Wildman–Crippen MR) is 78.4 cm³/mol. The van der Waals surface area contributed by atoms with Crippen LogP contribution in [0.5, 0.6) is 0 Å². The first kappa shape index (κ1) is 13.1. The molecule has 1 saturated carbocycles. The van der Waals surface area contributed by atoms with Crippen LogP contribution in [0.1, 0.15) is 26.1 Å². The lowest BCUT2D eigenvalue weighted by Crippen LogP contribution is -2.56. The molecule has 20 heavy (non-hydrogen) atoms. The summed E-state index contributed by atoms with van der Waals surface area (Å²) in [6.07, 6.45) is 0.534. The van der Waals surface area contributed by atoms with Gasteiger partial charge in [0.05, 0.1) is 6.10 Å². The molecule has 1 heterocycles. The van der Waals surface area contributed by atoms with Crippen LogP contribution in [0.3, 0.4) is 0 Å². The highest BCUT2D eigenvalue weighted by atomic mass is 16.3. The van der Waals surface area contributed by atoms with Crippen LogP contribution in [0.15, 0.2) is 24.3 Å².